The molecule has 2 aromatic carbocycles. The molecule has 1 aliphatic heterocycles. The fourth-order valence-electron chi connectivity index (χ4n) is 3.27. The van der Waals surface area contributed by atoms with Crippen molar-refractivity contribution in [3.05, 3.63) is 57.2 Å². The number of rotatable bonds is 6. The number of nitrogens with one attached hydrogen (secondary N) is 1. The minimum Gasteiger partial charge on any atom is -0.383 e. The van der Waals surface area contributed by atoms with Crippen molar-refractivity contribution >= 4 is 44.2 Å². The van der Waals surface area contributed by atoms with Gasteiger partial charge in [-0.25, -0.2) is 8.42 Å². The Labute approximate surface area is 179 Å². The first-order valence-electron chi connectivity index (χ1n) is 9.01. The number of anilines is 1. The van der Waals surface area contributed by atoms with Crippen molar-refractivity contribution in [1.82, 2.24) is 4.31 Å². The molecular weight excluding hydrogens is 491 g/mol. The molecule has 1 saturated heterocycles. The monoisotopic (exact) mass is 514 g/mol. The molecule has 0 saturated carbocycles. The maximum absolute atomic E-state index is 12.9. The van der Waals surface area contributed by atoms with E-state index in [2.05, 4.69) is 27.9 Å². The molecule has 0 spiro atoms. The Bertz CT molecular complexity index is 961. The van der Waals surface area contributed by atoms with Crippen molar-refractivity contribution in [3.8, 4) is 0 Å². The van der Waals surface area contributed by atoms with Crippen LogP contribution in [-0.2, 0) is 14.8 Å². The van der Waals surface area contributed by atoms with E-state index in [1.165, 1.54) is 16.4 Å². The van der Waals surface area contributed by atoms with E-state index >= 15 is 0 Å². The molecule has 0 aliphatic carbocycles. The zero-order valence-corrected chi connectivity index (χ0v) is 18.8. The summed E-state index contributed by atoms with van der Waals surface area (Å²) in [5.74, 6) is -0.228. The van der Waals surface area contributed by atoms with E-state index in [0.717, 1.165) is 22.0 Å². The van der Waals surface area contributed by atoms with E-state index in [0.29, 0.717) is 24.4 Å². The molecule has 1 fully saturated rings. The maximum Gasteiger partial charge on any atom is 0.255 e. The fraction of sp³-hybridized carbons (Fsp3) is 0.350. The Morgan fingerprint density at radius 1 is 1.25 bits per heavy atom. The van der Waals surface area contributed by atoms with E-state index in [-0.39, 0.29) is 16.8 Å². The standard InChI is InChI=1S/C20H23IN2O4S/c1-14-5-6-15(12-19(14)21)20(24)22-16-7-9-18(10-8-16)28(25,26)23-11-3-4-17(23)13-27-2/h5-10,12,17H,3-4,11,13H2,1-2H3,(H,22,24). The smallest absolute Gasteiger partial charge is 0.255 e. The molecule has 1 atom stereocenters. The number of carbonyl (C=O) groups excluding carboxylic acids is 1. The lowest BCUT2D eigenvalue weighted by molar-refractivity contribution is 0.102. The summed E-state index contributed by atoms with van der Waals surface area (Å²) in [6.07, 6.45) is 1.63. The number of amides is 1. The summed E-state index contributed by atoms with van der Waals surface area (Å²) in [4.78, 5) is 12.6. The maximum atomic E-state index is 12.9. The predicted molar refractivity (Wildman–Crippen MR) is 117 cm³/mol. The van der Waals surface area contributed by atoms with E-state index in [1.807, 2.05) is 19.1 Å². The van der Waals surface area contributed by atoms with Crippen LogP contribution >= 0.6 is 22.6 Å². The van der Waals surface area contributed by atoms with Crippen molar-refractivity contribution < 1.29 is 17.9 Å². The van der Waals surface area contributed by atoms with E-state index in [1.54, 1.807) is 25.3 Å². The third-order valence-corrected chi connectivity index (χ3v) is 7.96. The Hall–Kier alpha value is -1.49. The Kier molecular flexibility index (Phi) is 6.74. The summed E-state index contributed by atoms with van der Waals surface area (Å²) in [6, 6.07) is 11.7. The summed E-state index contributed by atoms with van der Waals surface area (Å²) in [7, 11) is -2.00. The summed E-state index contributed by atoms with van der Waals surface area (Å²) < 4.78 is 33.5. The number of hydrogen-bond donors (Lipinski definition) is 1. The highest BCUT2D eigenvalue weighted by Gasteiger charge is 2.35. The molecule has 3 rings (SSSR count). The van der Waals surface area contributed by atoms with Gasteiger partial charge in [0, 0.05) is 34.5 Å². The topological polar surface area (TPSA) is 75.7 Å². The van der Waals surface area contributed by atoms with Crippen LogP contribution in [0.2, 0.25) is 0 Å². The normalized spacial score (nSPS) is 17.6. The van der Waals surface area contributed by atoms with Crippen LogP contribution in [0.25, 0.3) is 0 Å². The van der Waals surface area contributed by atoms with Crippen LogP contribution in [0.3, 0.4) is 0 Å². The van der Waals surface area contributed by atoms with Crippen LogP contribution in [0, 0.1) is 10.5 Å². The Morgan fingerprint density at radius 2 is 1.96 bits per heavy atom. The molecule has 1 unspecified atom stereocenters. The van der Waals surface area contributed by atoms with Gasteiger partial charge in [0.1, 0.15) is 0 Å². The van der Waals surface area contributed by atoms with Crippen LogP contribution in [0.5, 0.6) is 0 Å². The van der Waals surface area contributed by atoms with Crippen molar-refractivity contribution in [2.45, 2.75) is 30.7 Å². The molecule has 6 nitrogen and oxygen atoms in total. The molecule has 2 aromatic rings. The molecule has 1 heterocycles. The Morgan fingerprint density at radius 3 is 2.61 bits per heavy atom. The number of methoxy groups -OCH3 is 1. The van der Waals surface area contributed by atoms with Crippen LogP contribution in [0.1, 0.15) is 28.8 Å². The van der Waals surface area contributed by atoms with Crippen molar-refractivity contribution in [1.29, 1.82) is 0 Å². The number of halogens is 1. The second-order valence-corrected chi connectivity index (χ2v) is 9.86. The molecule has 0 radical (unpaired) electrons. The second kappa shape index (κ2) is 8.89. The van der Waals surface area contributed by atoms with Gasteiger partial charge >= 0.3 is 0 Å². The van der Waals surface area contributed by atoms with Gasteiger partial charge in [-0.1, -0.05) is 6.07 Å². The number of sulfonamides is 1. The molecule has 0 aromatic heterocycles. The van der Waals surface area contributed by atoms with Crippen LogP contribution in [-0.4, -0.2) is 44.9 Å². The molecular formula is C20H23IN2O4S. The number of hydrogen-bond acceptors (Lipinski definition) is 4. The van der Waals surface area contributed by atoms with Gasteiger partial charge in [-0.2, -0.15) is 4.31 Å². The van der Waals surface area contributed by atoms with Crippen molar-refractivity contribution in [2.75, 3.05) is 25.6 Å². The van der Waals surface area contributed by atoms with Crippen molar-refractivity contribution in [3.63, 3.8) is 0 Å². The summed E-state index contributed by atoms with van der Waals surface area (Å²) in [6.45, 7) is 2.88. The van der Waals surface area contributed by atoms with Gasteiger partial charge in [-0.15, -0.1) is 0 Å². The number of nitrogens with zero attached hydrogens (tertiary/aromatic N) is 1. The molecule has 0 bridgehead atoms. The average molecular weight is 514 g/mol. The van der Waals surface area contributed by atoms with Crippen LogP contribution in [0.4, 0.5) is 5.69 Å². The number of benzene rings is 2. The molecule has 28 heavy (non-hydrogen) atoms. The van der Waals surface area contributed by atoms with Gasteiger partial charge in [0.05, 0.1) is 11.5 Å². The lowest BCUT2D eigenvalue weighted by Crippen LogP contribution is -2.38. The van der Waals surface area contributed by atoms with Gasteiger partial charge in [-0.05, 0) is 84.3 Å². The van der Waals surface area contributed by atoms with E-state index in [9.17, 15) is 13.2 Å². The highest BCUT2D eigenvalue weighted by molar-refractivity contribution is 14.1. The van der Waals surface area contributed by atoms with Gasteiger partial charge in [0.2, 0.25) is 10.0 Å². The fourth-order valence-corrected chi connectivity index (χ4v) is 5.46. The lowest BCUT2D eigenvalue weighted by atomic mass is 10.1. The zero-order valence-electron chi connectivity index (χ0n) is 15.8. The highest BCUT2D eigenvalue weighted by Crippen LogP contribution is 2.27. The third-order valence-electron chi connectivity index (χ3n) is 4.83. The van der Waals surface area contributed by atoms with Gasteiger partial charge in [0.15, 0.2) is 0 Å². The van der Waals surface area contributed by atoms with Gasteiger partial charge < -0.3 is 10.1 Å². The molecule has 1 amide bonds. The summed E-state index contributed by atoms with van der Waals surface area (Å²) >= 11 is 2.19. The number of ether oxygens (including phenoxy) is 1. The van der Waals surface area contributed by atoms with Gasteiger partial charge in [0.25, 0.3) is 5.91 Å². The first-order chi connectivity index (χ1) is 13.3. The second-order valence-electron chi connectivity index (χ2n) is 6.81. The van der Waals surface area contributed by atoms with Gasteiger partial charge in [-0.3, -0.25) is 4.79 Å². The molecule has 1 aliphatic rings. The zero-order chi connectivity index (χ0) is 20.3. The predicted octanol–water partition coefficient (Wildman–Crippen LogP) is 3.65. The molecule has 150 valence electrons. The summed E-state index contributed by atoms with van der Waals surface area (Å²) in [5, 5.41) is 2.81. The van der Waals surface area contributed by atoms with E-state index in [4.69, 9.17) is 4.74 Å². The molecule has 8 heteroatoms. The molecule has 1 N–H and O–H groups in total. The largest absolute Gasteiger partial charge is 0.383 e. The lowest BCUT2D eigenvalue weighted by Gasteiger charge is -2.23. The first-order valence-corrected chi connectivity index (χ1v) is 11.5. The minimum absolute atomic E-state index is 0.126. The number of aryl methyl sites for hydroxylation is 1. The third kappa shape index (κ3) is 4.56. The SMILES string of the molecule is COCC1CCCN1S(=O)(=O)c1ccc(NC(=O)c2ccc(C)c(I)c2)cc1. The minimum atomic E-state index is -3.58. The van der Waals surface area contributed by atoms with Crippen LogP contribution in [0.15, 0.2) is 47.4 Å². The van der Waals surface area contributed by atoms with Crippen LogP contribution < -0.4 is 5.32 Å². The quantitative estimate of drug-likeness (QED) is 0.598. The Balaban J connectivity index is 1.74. The van der Waals surface area contributed by atoms with Crippen molar-refractivity contribution in [2.24, 2.45) is 0 Å². The van der Waals surface area contributed by atoms with E-state index < -0.39 is 10.0 Å². The number of carbonyl (C=O) groups is 1. The average Bonchev–Trinajstić information content (AvgIpc) is 3.14. The summed E-state index contributed by atoms with van der Waals surface area (Å²) in [5.41, 5.74) is 2.22. The first kappa shape index (κ1) is 21.2. The highest BCUT2D eigenvalue weighted by atomic mass is 127.